The second-order valence-corrected chi connectivity index (χ2v) is 12.0. The molecule has 2 fully saturated rings. The molecule has 1 aromatic carbocycles. The fourth-order valence-electron chi connectivity index (χ4n) is 7.73. The summed E-state index contributed by atoms with van der Waals surface area (Å²) in [5.74, 6) is 3.31. The number of nitrogens with one attached hydrogen (secondary N) is 3. The van der Waals surface area contributed by atoms with E-state index >= 15 is 0 Å². The average Bonchev–Trinajstić information content (AvgIpc) is 3.53. The van der Waals surface area contributed by atoms with Crippen molar-refractivity contribution in [1.29, 1.82) is 0 Å². The van der Waals surface area contributed by atoms with Gasteiger partial charge in [0.25, 0.3) is 0 Å². The lowest BCUT2D eigenvalue weighted by atomic mass is 9.53. The van der Waals surface area contributed by atoms with Crippen molar-refractivity contribution < 1.29 is 9.53 Å². The predicted molar refractivity (Wildman–Crippen MR) is 135 cm³/mol. The molecule has 34 heavy (non-hydrogen) atoms. The summed E-state index contributed by atoms with van der Waals surface area (Å²) in [5.41, 5.74) is 11.6. The van der Waals surface area contributed by atoms with Crippen molar-refractivity contribution in [3.8, 4) is 5.75 Å². The molecule has 0 bridgehead atoms. The summed E-state index contributed by atoms with van der Waals surface area (Å²) in [6.07, 6.45) is 10.2. The van der Waals surface area contributed by atoms with Gasteiger partial charge in [-0.15, -0.1) is 11.3 Å². The molecule has 1 aliphatic heterocycles. The largest absolute Gasteiger partial charge is 0.497 e. The van der Waals surface area contributed by atoms with E-state index in [9.17, 15) is 4.79 Å². The van der Waals surface area contributed by atoms with Crippen molar-refractivity contribution in [2.75, 3.05) is 12.4 Å². The molecule has 0 spiro atoms. The number of ether oxygens (including phenoxy) is 1. The number of aromatic nitrogens is 1. The summed E-state index contributed by atoms with van der Waals surface area (Å²) in [7, 11) is 1.75. The van der Waals surface area contributed by atoms with E-state index in [0.717, 1.165) is 23.5 Å². The molecule has 2 aromatic rings. The number of thiazole rings is 1. The van der Waals surface area contributed by atoms with E-state index in [1.165, 1.54) is 47.3 Å². The lowest BCUT2D eigenvalue weighted by Gasteiger charge is -2.52. The molecule has 0 saturated heterocycles. The lowest BCUT2D eigenvalue weighted by molar-refractivity contribution is -0.116. The molecule has 2 saturated carbocycles. The Morgan fingerprint density at radius 1 is 1.35 bits per heavy atom. The smallest absolute Gasteiger partial charge is 0.226 e. The number of aryl methyl sites for hydroxylation is 2. The van der Waals surface area contributed by atoms with E-state index in [2.05, 4.69) is 52.5 Å². The van der Waals surface area contributed by atoms with Gasteiger partial charge >= 0.3 is 0 Å². The van der Waals surface area contributed by atoms with E-state index in [4.69, 9.17) is 4.74 Å². The van der Waals surface area contributed by atoms with Crippen molar-refractivity contribution in [2.24, 2.45) is 23.2 Å². The molecular formula is C27H34N4O2S. The fourth-order valence-corrected chi connectivity index (χ4v) is 8.41. The Morgan fingerprint density at radius 3 is 3.03 bits per heavy atom. The number of hydrogen-bond donors (Lipinski definition) is 3. The van der Waals surface area contributed by atoms with E-state index in [1.54, 1.807) is 7.11 Å². The van der Waals surface area contributed by atoms with Crippen LogP contribution in [-0.2, 0) is 11.2 Å². The molecule has 180 valence electrons. The Kier molecular flexibility index (Phi) is 5.45. The Labute approximate surface area is 205 Å². The molecule has 0 radical (unpaired) electrons. The number of methoxy groups -OCH3 is 1. The maximum Gasteiger partial charge on any atom is 0.226 e. The van der Waals surface area contributed by atoms with Crippen LogP contribution in [0.2, 0.25) is 0 Å². The highest BCUT2D eigenvalue weighted by molar-refractivity contribution is 7.15. The SMILES string of the molecule is COc1ccc2c(c1)CCC1C2CCC2(C)C3NNC=C3C(CCC(=O)Nc3ncc(C)s3)C12. The first kappa shape index (κ1) is 22.1. The highest BCUT2D eigenvalue weighted by Gasteiger charge is 2.61. The Morgan fingerprint density at radius 2 is 2.24 bits per heavy atom. The highest BCUT2D eigenvalue weighted by Crippen LogP contribution is 2.65. The van der Waals surface area contributed by atoms with Gasteiger partial charge in [-0.2, -0.15) is 0 Å². The standard InChI is InChI=1S/C27H34N4O2S/c1-15-13-28-26(34-15)30-23(32)9-8-21-22-14-29-31-25(22)27(2)11-10-19-18-7-5-17(33-3)12-16(18)4-6-20(19)24(21)27/h5,7,12-14,19-21,24-25,29,31H,4,6,8-11H2,1-3H3,(H,28,30,32). The molecule has 6 atom stereocenters. The zero-order chi connectivity index (χ0) is 23.4. The highest BCUT2D eigenvalue weighted by atomic mass is 32.1. The van der Waals surface area contributed by atoms with Gasteiger partial charge in [-0.25, -0.2) is 10.4 Å². The molecule has 6 nitrogen and oxygen atoms in total. The Balaban J connectivity index is 1.26. The van der Waals surface area contributed by atoms with Crippen molar-refractivity contribution in [2.45, 2.75) is 64.3 Å². The third-order valence-corrected chi connectivity index (χ3v) is 9.93. The number of hydrazine groups is 1. The maximum absolute atomic E-state index is 12.8. The number of amides is 1. The molecule has 2 heterocycles. The van der Waals surface area contributed by atoms with Gasteiger partial charge in [-0.3, -0.25) is 4.79 Å². The number of rotatable bonds is 5. The van der Waals surface area contributed by atoms with Crippen LogP contribution in [0, 0.1) is 30.1 Å². The average molecular weight is 479 g/mol. The van der Waals surface area contributed by atoms with E-state index in [0.29, 0.717) is 41.3 Å². The number of carbonyl (C=O) groups excluding carboxylic acids is 1. The molecule has 7 heteroatoms. The first-order chi connectivity index (χ1) is 16.5. The minimum atomic E-state index is 0.0764. The van der Waals surface area contributed by atoms with E-state index < -0.39 is 0 Å². The van der Waals surface area contributed by atoms with Crippen molar-refractivity contribution in [3.63, 3.8) is 0 Å². The van der Waals surface area contributed by atoms with Gasteiger partial charge in [-0.05, 0) is 96.9 Å². The van der Waals surface area contributed by atoms with Crippen LogP contribution in [0.1, 0.15) is 60.9 Å². The van der Waals surface area contributed by atoms with Gasteiger partial charge in [0, 0.05) is 23.7 Å². The van der Waals surface area contributed by atoms with Crippen LogP contribution in [0.3, 0.4) is 0 Å². The van der Waals surface area contributed by atoms with E-state index in [-0.39, 0.29) is 11.3 Å². The molecule has 4 aliphatic rings. The zero-order valence-electron chi connectivity index (χ0n) is 20.2. The normalized spacial score (nSPS) is 33.1. The second-order valence-electron chi connectivity index (χ2n) is 10.8. The van der Waals surface area contributed by atoms with E-state index in [1.807, 2.05) is 13.1 Å². The first-order valence-electron chi connectivity index (χ1n) is 12.6. The molecule has 3 aliphatic carbocycles. The number of fused-ring (bicyclic) bond motifs is 7. The minimum absolute atomic E-state index is 0.0764. The fraction of sp³-hybridized carbons (Fsp3) is 0.556. The monoisotopic (exact) mass is 478 g/mol. The van der Waals surface area contributed by atoms with Gasteiger partial charge in [0.2, 0.25) is 5.91 Å². The van der Waals surface area contributed by atoms with Crippen LogP contribution in [0.5, 0.6) is 5.75 Å². The van der Waals surface area contributed by atoms with Crippen LogP contribution in [0.4, 0.5) is 5.13 Å². The molecule has 1 aromatic heterocycles. The summed E-state index contributed by atoms with van der Waals surface area (Å²) in [6, 6.07) is 7.07. The Hall–Kier alpha value is -2.38. The molecule has 3 N–H and O–H groups in total. The summed E-state index contributed by atoms with van der Waals surface area (Å²) < 4.78 is 5.50. The maximum atomic E-state index is 12.8. The second kappa shape index (κ2) is 8.38. The molecule has 6 rings (SSSR count). The summed E-state index contributed by atoms with van der Waals surface area (Å²) in [4.78, 5) is 18.2. The van der Waals surface area contributed by atoms with Crippen molar-refractivity contribution in [1.82, 2.24) is 15.8 Å². The third-order valence-electron chi connectivity index (χ3n) is 9.10. The number of anilines is 1. The van der Waals surface area contributed by atoms with Crippen LogP contribution in [0.25, 0.3) is 0 Å². The number of benzene rings is 1. The summed E-state index contributed by atoms with van der Waals surface area (Å²) in [5, 5.41) is 3.72. The van der Waals surface area contributed by atoms with Crippen LogP contribution < -0.4 is 20.9 Å². The van der Waals surface area contributed by atoms with Gasteiger partial charge in [0.05, 0.1) is 13.2 Å². The van der Waals surface area contributed by atoms with Gasteiger partial charge in [-0.1, -0.05) is 13.0 Å². The molecule has 6 unspecified atom stereocenters. The quantitative estimate of drug-likeness (QED) is 0.568. The van der Waals surface area contributed by atoms with Crippen molar-refractivity contribution in [3.05, 3.63) is 52.2 Å². The number of carbonyl (C=O) groups is 1. The van der Waals surface area contributed by atoms with Crippen LogP contribution in [0.15, 0.2) is 36.2 Å². The minimum Gasteiger partial charge on any atom is -0.497 e. The summed E-state index contributed by atoms with van der Waals surface area (Å²) >= 11 is 1.53. The number of nitrogens with zero attached hydrogens (tertiary/aromatic N) is 1. The zero-order valence-corrected chi connectivity index (χ0v) is 21.0. The lowest BCUT2D eigenvalue weighted by Crippen LogP contribution is -2.50. The van der Waals surface area contributed by atoms with Crippen molar-refractivity contribution >= 4 is 22.4 Å². The van der Waals surface area contributed by atoms with Gasteiger partial charge < -0.3 is 15.5 Å². The predicted octanol–water partition coefficient (Wildman–Crippen LogP) is 4.93. The first-order valence-corrected chi connectivity index (χ1v) is 13.4. The van der Waals surface area contributed by atoms with Gasteiger partial charge in [0.1, 0.15) is 5.75 Å². The van der Waals surface area contributed by atoms with Gasteiger partial charge in [0.15, 0.2) is 5.13 Å². The third kappa shape index (κ3) is 3.47. The van der Waals surface area contributed by atoms with Crippen LogP contribution >= 0.6 is 11.3 Å². The number of hydrogen-bond acceptors (Lipinski definition) is 6. The topological polar surface area (TPSA) is 75.3 Å². The van der Waals surface area contributed by atoms with Crippen LogP contribution in [-0.4, -0.2) is 24.0 Å². The molecule has 1 amide bonds. The Bertz CT molecular complexity index is 1140. The molecular weight excluding hydrogens is 444 g/mol. The summed E-state index contributed by atoms with van der Waals surface area (Å²) in [6.45, 7) is 4.51.